The van der Waals surface area contributed by atoms with Gasteiger partial charge in [-0.2, -0.15) is 5.10 Å². The van der Waals surface area contributed by atoms with Crippen molar-refractivity contribution in [2.24, 2.45) is 7.05 Å². The van der Waals surface area contributed by atoms with Gasteiger partial charge in [-0.05, 0) is 18.2 Å². The Labute approximate surface area is 127 Å². The van der Waals surface area contributed by atoms with E-state index in [4.69, 9.17) is 11.6 Å². The van der Waals surface area contributed by atoms with E-state index in [1.165, 1.54) is 17.1 Å². The highest BCUT2D eigenvalue weighted by Gasteiger charge is 2.14. The molecule has 0 bridgehead atoms. The minimum atomic E-state index is -3.47. The Balaban J connectivity index is 1.84. The predicted octanol–water partition coefficient (Wildman–Crippen LogP) is 2.14. The van der Waals surface area contributed by atoms with Crippen molar-refractivity contribution in [1.82, 2.24) is 14.5 Å². The molecule has 20 heavy (non-hydrogen) atoms. The molecule has 108 valence electrons. The van der Waals surface area contributed by atoms with Crippen molar-refractivity contribution in [2.75, 3.05) is 12.3 Å². The lowest BCUT2D eigenvalue weighted by molar-refractivity contribution is 0.584. The van der Waals surface area contributed by atoms with Crippen LogP contribution in [0.1, 0.15) is 0 Å². The van der Waals surface area contributed by atoms with Gasteiger partial charge in [-0.25, -0.2) is 13.1 Å². The highest BCUT2D eigenvalue weighted by atomic mass is 35.5. The molecular formula is C12H14ClN3O2S2. The van der Waals surface area contributed by atoms with Gasteiger partial charge >= 0.3 is 0 Å². The number of halogens is 1. The van der Waals surface area contributed by atoms with Crippen LogP contribution in [-0.2, 0) is 17.1 Å². The Morgan fingerprint density at radius 2 is 2.25 bits per heavy atom. The van der Waals surface area contributed by atoms with Crippen molar-refractivity contribution in [1.29, 1.82) is 0 Å². The molecule has 0 saturated carbocycles. The van der Waals surface area contributed by atoms with Gasteiger partial charge in [0.15, 0.2) is 0 Å². The molecule has 1 heterocycles. The van der Waals surface area contributed by atoms with Gasteiger partial charge in [0.05, 0.1) is 6.20 Å². The van der Waals surface area contributed by atoms with E-state index in [1.54, 1.807) is 24.9 Å². The second kappa shape index (κ2) is 6.62. The first-order chi connectivity index (χ1) is 9.47. The fraction of sp³-hybridized carbons (Fsp3) is 0.250. The quantitative estimate of drug-likeness (QED) is 0.650. The summed E-state index contributed by atoms with van der Waals surface area (Å²) in [4.78, 5) is 1.19. The van der Waals surface area contributed by atoms with Gasteiger partial charge < -0.3 is 0 Å². The Morgan fingerprint density at radius 3 is 2.90 bits per heavy atom. The maximum atomic E-state index is 11.9. The van der Waals surface area contributed by atoms with Crippen LogP contribution in [-0.4, -0.2) is 30.5 Å². The second-order valence-corrected chi connectivity index (χ2v) is 7.43. The number of nitrogens with one attached hydrogen (secondary N) is 1. The molecule has 0 radical (unpaired) electrons. The van der Waals surface area contributed by atoms with Crippen molar-refractivity contribution in [3.05, 3.63) is 41.7 Å². The van der Waals surface area contributed by atoms with Crippen LogP contribution in [0, 0.1) is 0 Å². The number of hydrogen-bond acceptors (Lipinski definition) is 4. The molecular weight excluding hydrogens is 318 g/mol. The number of thioether (sulfide) groups is 1. The number of sulfonamides is 1. The molecule has 0 unspecified atom stereocenters. The summed E-state index contributed by atoms with van der Waals surface area (Å²) in [6.45, 7) is 0.342. The molecule has 0 fully saturated rings. The maximum absolute atomic E-state index is 11.9. The second-order valence-electron chi connectivity index (χ2n) is 4.05. The molecule has 1 N–H and O–H groups in total. The van der Waals surface area contributed by atoms with Crippen LogP contribution in [0.2, 0.25) is 5.02 Å². The van der Waals surface area contributed by atoms with E-state index in [2.05, 4.69) is 9.82 Å². The molecule has 5 nitrogen and oxygen atoms in total. The van der Waals surface area contributed by atoms with Crippen LogP contribution in [0.15, 0.2) is 46.5 Å². The third-order valence-electron chi connectivity index (χ3n) is 2.45. The monoisotopic (exact) mass is 331 g/mol. The summed E-state index contributed by atoms with van der Waals surface area (Å²) in [6, 6.07) is 7.45. The molecule has 8 heteroatoms. The highest BCUT2D eigenvalue weighted by Crippen LogP contribution is 2.21. The average molecular weight is 332 g/mol. The Hall–Kier alpha value is -1.02. The molecule has 2 rings (SSSR count). The summed E-state index contributed by atoms with van der Waals surface area (Å²) in [6.07, 6.45) is 2.79. The zero-order valence-electron chi connectivity index (χ0n) is 10.8. The summed E-state index contributed by atoms with van der Waals surface area (Å²) in [5, 5.41) is 4.52. The van der Waals surface area contributed by atoms with E-state index >= 15 is 0 Å². The summed E-state index contributed by atoms with van der Waals surface area (Å²) in [7, 11) is -1.80. The lowest BCUT2D eigenvalue weighted by atomic mass is 10.4. The van der Waals surface area contributed by atoms with Gasteiger partial charge in [0.1, 0.15) is 4.90 Å². The summed E-state index contributed by atoms with van der Waals surface area (Å²) in [5.74, 6) is 0.625. The molecule has 1 aromatic carbocycles. The summed E-state index contributed by atoms with van der Waals surface area (Å²) in [5.41, 5.74) is 0. The first-order valence-corrected chi connectivity index (χ1v) is 8.69. The zero-order valence-corrected chi connectivity index (χ0v) is 13.2. The molecule has 0 saturated heterocycles. The van der Waals surface area contributed by atoms with Gasteiger partial charge in [-0.15, -0.1) is 11.8 Å². The van der Waals surface area contributed by atoms with Crippen molar-refractivity contribution in [2.45, 2.75) is 9.79 Å². The van der Waals surface area contributed by atoms with Crippen LogP contribution < -0.4 is 4.72 Å². The van der Waals surface area contributed by atoms with E-state index < -0.39 is 10.0 Å². The van der Waals surface area contributed by atoms with E-state index in [1.807, 2.05) is 18.2 Å². The largest absolute Gasteiger partial charge is 0.274 e. The summed E-state index contributed by atoms with van der Waals surface area (Å²) >= 11 is 7.42. The van der Waals surface area contributed by atoms with E-state index in [-0.39, 0.29) is 4.90 Å². The Bertz CT molecular complexity index is 686. The molecule has 2 aromatic rings. The number of rotatable bonds is 6. The van der Waals surface area contributed by atoms with Crippen molar-refractivity contribution < 1.29 is 8.42 Å². The van der Waals surface area contributed by atoms with Gasteiger partial charge in [0, 0.05) is 35.5 Å². The van der Waals surface area contributed by atoms with Gasteiger partial charge in [0.25, 0.3) is 0 Å². The maximum Gasteiger partial charge on any atom is 0.243 e. The first-order valence-electron chi connectivity index (χ1n) is 5.84. The van der Waals surface area contributed by atoms with Crippen molar-refractivity contribution in [3.8, 4) is 0 Å². The van der Waals surface area contributed by atoms with Crippen molar-refractivity contribution >= 4 is 33.4 Å². The minimum Gasteiger partial charge on any atom is -0.274 e. The summed E-state index contributed by atoms with van der Waals surface area (Å²) < 4.78 is 27.8. The normalized spacial score (nSPS) is 11.7. The van der Waals surface area contributed by atoms with Gasteiger partial charge in [-0.3, -0.25) is 4.68 Å². The number of hydrogen-bond donors (Lipinski definition) is 1. The topological polar surface area (TPSA) is 64.0 Å². The Kier molecular flexibility index (Phi) is 5.09. The molecule has 0 spiro atoms. The molecule has 0 aliphatic rings. The molecule has 0 aliphatic heterocycles. The smallest absolute Gasteiger partial charge is 0.243 e. The van der Waals surface area contributed by atoms with E-state index in [0.717, 1.165) is 4.90 Å². The van der Waals surface area contributed by atoms with Crippen LogP contribution >= 0.6 is 23.4 Å². The fourth-order valence-electron chi connectivity index (χ4n) is 1.52. The molecule has 0 aliphatic carbocycles. The average Bonchev–Trinajstić information content (AvgIpc) is 2.82. The Morgan fingerprint density at radius 1 is 1.45 bits per heavy atom. The van der Waals surface area contributed by atoms with Crippen LogP contribution in [0.5, 0.6) is 0 Å². The lowest BCUT2D eigenvalue weighted by Gasteiger charge is -2.05. The number of nitrogens with zero attached hydrogens (tertiary/aromatic N) is 2. The number of aromatic nitrogens is 2. The highest BCUT2D eigenvalue weighted by molar-refractivity contribution is 7.99. The van der Waals surface area contributed by atoms with Crippen LogP contribution in [0.25, 0.3) is 0 Å². The SMILES string of the molecule is Cn1cc(S(=O)(=O)NCCSc2cccc(Cl)c2)cn1. The molecule has 1 aromatic heterocycles. The lowest BCUT2D eigenvalue weighted by Crippen LogP contribution is -2.25. The standard InChI is InChI=1S/C12H14ClN3O2S2/c1-16-9-12(8-14-16)20(17,18)15-5-6-19-11-4-2-3-10(13)7-11/h2-4,7-9,15H,5-6H2,1H3. The first kappa shape index (κ1) is 15.4. The third-order valence-corrected chi connectivity index (χ3v) is 5.10. The number of aryl methyl sites for hydroxylation is 1. The van der Waals surface area contributed by atoms with E-state index in [0.29, 0.717) is 17.3 Å². The number of benzene rings is 1. The third kappa shape index (κ3) is 4.24. The van der Waals surface area contributed by atoms with E-state index in [9.17, 15) is 8.42 Å². The van der Waals surface area contributed by atoms with Crippen LogP contribution in [0.3, 0.4) is 0 Å². The minimum absolute atomic E-state index is 0.174. The molecule has 0 atom stereocenters. The fourth-order valence-corrected chi connectivity index (χ4v) is 3.75. The van der Waals surface area contributed by atoms with Crippen molar-refractivity contribution in [3.63, 3.8) is 0 Å². The zero-order chi connectivity index (χ0) is 14.6. The molecule has 0 amide bonds. The van der Waals surface area contributed by atoms with Gasteiger partial charge in [-0.1, -0.05) is 17.7 Å². The van der Waals surface area contributed by atoms with Crippen LogP contribution in [0.4, 0.5) is 0 Å². The predicted molar refractivity (Wildman–Crippen MR) is 80.6 cm³/mol. The van der Waals surface area contributed by atoms with Gasteiger partial charge in [0.2, 0.25) is 10.0 Å².